The van der Waals surface area contributed by atoms with Crippen molar-refractivity contribution in [3.8, 4) is 45.9 Å². The van der Waals surface area contributed by atoms with Crippen LogP contribution in [0.2, 0.25) is 0 Å². The average molecular weight is 623 g/mol. The molecule has 4 aromatic carbocycles. The Hall–Kier alpha value is -5.56. The van der Waals surface area contributed by atoms with Crippen molar-refractivity contribution in [2.45, 2.75) is 41.5 Å². The molecule has 0 unspecified atom stereocenters. The van der Waals surface area contributed by atoms with Gasteiger partial charge in [-0.1, -0.05) is 24.3 Å². The molecule has 0 spiro atoms. The van der Waals surface area contributed by atoms with Crippen molar-refractivity contribution >= 4 is 21.8 Å². The van der Waals surface area contributed by atoms with Crippen LogP contribution < -0.4 is 14.2 Å². The van der Waals surface area contributed by atoms with Gasteiger partial charge >= 0.3 is 0 Å². The van der Waals surface area contributed by atoms with Crippen LogP contribution in [-0.4, -0.2) is 33.6 Å². The topological polar surface area (TPSA) is 63.3 Å². The molecular formula is C40H38N4O3. The molecule has 0 saturated heterocycles. The molecular weight excluding hydrogens is 584 g/mol. The first-order valence-corrected chi connectivity index (χ1v) is 15.7. The lowest BCUT2D eigenvalue weighted by Gasteiger charge is -2.19. The molecule has 0 amide bonds. The van der Waals surface area contributed by atoms with E-state index in [9.17, 15) is 0 Å². The summed E-state index contributed by atoms with van der Waals surface area (Å²) in [5.74, 6) is 3.37. The lowest BCUT2D eigenvalue weighted by Crippen LogP contribution is -2.03. The van der Waals surface area contributed by atoms with Crippen molar-refractivity contribution < 1.29 is 14.2 Å². The molecule has 0 atom stereocenters. The Labute approximate surface area is 275 Å². The number of hydrogen-bond acceptors (Lipinski definition) is 5. The van der Waals surface area contributed by atoms with E-state index >= 15 is 0 Å². The Morgan fingerprint density at radius 1 is 0.596 bits per heavy atom. The Balaban J connectivity index is 1.32. The lowest BCUT2D eigenvalue weighted by atomic mass is 9.87. The SMILES string of the molecule is COc1nn(-c2cccc(Oc3ccc4c5ccccc5n(-c5cc(C)ccn5)c4c3)c2)c(OC)c1-c1c(C)c(C)c(C)c(C)c1C. The zero-order valence-electron chi connectivity index (χ0n) is 28.1. The van der Waals surface area contributed by atoms with Crippen molar-refractivity contribution in [1.29, 1.82) is 0 Å². The first kappa shape index (κ1) is 30.1. The molecule has 0 bridgehead atoms. The maximum absolute atomic E-state index is 6.52. The molecule has 0 N–H and O–H groups in total. The zero-order valence-corrected chi connectivity index (χ0v) is 28.1. The predicted octanol–water partition coefficient (Wildman–Crippen LogP) is 9.69. The molecule has 3 heterocycles. The fraction of sp³-hybridized carbons (Fsp3) is 0.200. The molecule has 0 fully saturated rings. The molecule has 0 aliphatic carbocycles. The van der Waals surface area contributed by atoms with Crippen molar-refractivity contribution in [1.82, 2.24) is 19.3 Å². The second kappa shape index (κ2) is 11.7. The van der Waals surface area contributed by atoms with E-state index < -0.39 is 0 Å². The summed E-state index contributed by atoms with van der Waals surface area (Å²) in [5.41, 5.74) is 12.2. The van der Waals surface area contributed by atoms with E-state index in [-0.39, 0.29) is 0 Å². The number of para-hydroxylation sites is 1. The summed E-state index contributed by atoms with van der Waals surface area (Å²) in [6, 6.07) is 26.6. The van der Waals surface area contributed by atoms with Crippen LogP contribution in [0.25, 0.3) is 44.4 Å². The van der Waals surface area contributed by atoms with Crippen molar-refractivity contribution in [2.75, 3.05) is 14.2 Å². The molecule has 47 heavy (non-hydrogen) atoms. The monoisotopic (exact) mass is 622 g/mol. The number of nitrogens with zero attached hydrogens (tertiary/aromatic N) is 4. The van der Waals surface area contributed by atoms with Crippen LogP contribution in [0, 0.1) is 41.5 Å². The number of benzene rings is 4. The standard InChI is InChI=1S/C40H38N4O3/c1-23-18-19-41-36(20-23)43-34-15-10-9-14-32(34)33-17-16-31(22-35(33)43)47-30-13-11-12-29(21-30)44-40(46-8)38(39(42-44)45-7)37-27(5)25(3)24(2)26(4)28(37)6/h9-22H,1-8H3. The third-order valence-electron chi connectivity index (χ3n) is 9.52. The highest BCUT2D eigenvalue weighted by Gasteiger charge is 2.27. The summed E-state index contributed by atoms with van der Waals surface area (Å²) in [5, 5.41) is 7.18. The molecule has 0 aliphatic heterocycles. The van der Waals surface area contributed by atoms with Gasteiger partial charge in [-0.2, -0.15) is 4.68 Å². The van der Waals surface area contributed by atoms with Crippen LogP contribution in [0.1, 0.15) is 33.4 Å². The van der Waals surface area contributed by atoms with Crippen LogP contribution in [0.4, 0.5) is 0 Å². The molecule has 7 aromatic rings. The van der Waals surface area contributed by atoms with E-state index in [0.717, 1.165) is 44.6 Å². The normalized spacial score (nSPS) is 11.4. The molecule has 7 heteroatoms. The highest BCUT2D eigenvalue weighted by Crippen LogP contribution is 2.45. The minimum atomic E-state index is 0.505. The van der Waals surface area contributed by atoms with Crippen molar-refractivity contribution in [2.24, 2.45) is 0 Å². The van der Waals surface area contributed by atoms with E-state index in [1.54, 1.807) is 18.9 Å². The number of pyridine rings is 1. The number of rotatable bonds is 7. The summed E-state index contributed by atoms with van der Waals surface area (Å²) in [6.07, 6.45) is 1.85. The van der Waals surface area contributed by atoms with E-state index in [0.29, 0.717) is 23.3 Å². The van der Waals surface area contributed by atoms with Crippen LogP contribution >= 0.6 is 0 Å². The molecule has 0 saturated carbocycles. The molecule has 0 radical (unpaired) electrons. The minimum Gasteiger partial charge on any atom is -0.480 e. The van der Waals surface area contributed by atoms with Crippen LogP contribution in [0.3, 0.4) is 0 Å². The zero-order chi connectivity index (χ0) is 33.0. The second-order valence-corrected chi connectivity index (χ2v) is 12.1. The van der Waals surface area contributed by atoms with Gasteiger partial charge in [-0.3, -0.25) is 4.57 Å². The largest absolute Gasteiger partial charge is 0.480 e. The number of hydrogen-bond donors (Lipinski definition) is 0. The minimum absolute atomic E-state index is 0.505. The third kappa shape index (κ3) is 4.90. The van der Waals surface area contributed by atoms with E-state index in [4.69, 9.17) is 24.3 Å². The second-order valence-electron chi connectivity index (χ2n) is 12.1. The number of methoxy groups -OCH3 is 2. The smallest absolute Gasteiger partial charge is 0.245 e. The van der Waals surface area contributed by atoms with Gasteiger partial charge in [0.1, 0.15) is 22.9 Å². The Morgan fingerprint density at radius 3 is 2.02 bits per heavy atom. The van der Waals surface area contributed by atoms with E-state index in [1.165, 1.54) is 33.2 Å². The number of fused-ring (bicyclic) bond motifs is 3. The highest BCUT2D eigenvalue weighted by molar-refractivity contribution is 6.09. The van der Waals surface area contributed by atoms with E-state index in [2.05, 4.69) is 88.6 Å². The fourth-order valence-corrected chi connectivity index (χ4v) is 6.70. The lowest BCUT2D eigenvalue weighted by molar-refractivity contribution is 0.382. The fourth-order valence-electron chi connectivity index (χ4n) is 6.70. The van der Waals surface area contributed by atoms with Gasteiger partial charge in [0, 0.05) is 29.1 Å². The van der Waals surface area contributed by atoms with Crippen molar-refractivity contribution in [3.05, 3.63) is 118 Å². The van der Waals surface area contributed by atoms with Crippen LogP contribution in [-0.2, 0) is 0 Å². The molecule has 3 aromatic heterocycles. The number of aryl methyl sites for hydroxylation is 1. The Bertz CT molecular complexity index is 2300. The summed E-state index contributed by atoms with van der Waals surface area (Å²) in [6.45, 7) is 12.9. The van der Waals surface area contributed by atoms with Gasteiger partial charge in [0.25, 0.3) is 0 Å². The van der Waals surface area contributed by atoms with Gasteiger partial charge < -0.3 is 14.2 Å². The third-order valence-corrected chi connectivity index (χ3v) is 9.52. The molecule has 236 valence electrons. The summed E-state index contributed by atoms with van der Waals surface area (Å²) in [4.78, 5) is 4.71. The number of aromatic nitrogens is 4. The summed E-state index contributed by atoms with van der Waals surface area (Å²) >= 11 is 0. The summed E-state index contributed by atoms with van der Waals surface area (Å²) < 4.78 is 22.4. The highest BCUT2D eigenvalue weighted by atomic mass is 16.5. The maximum Gasteiger partial charge on any atom is 0.245 e. The van der Waals surface area contributed by atoms with Gasteiger partial charge in [0.15, 0.2) is 0 Å². The maximum atomic E-state index is 6.52. The van der Waals surface area contributed by atoms with Gasteiger partial charge in [-0.15, -0.1) is 5.10 Å². The Morgan fingerprint density at radius 2 is 1.30 bits per heavy atom. The number of ether oxygens (including phenoxy) is 3. The Kier molecular flexibility index (Phi) is 7.47. The molecule has 7 nitrogen and oxygen atoms in total. The van der Waals surface area contributed by atoms with Gasteiger partial charge in [0.2, 0.25) is 11.8 Å². The first-order chi connectivity index (χ1) is 22.7. The predicted molar refractivity (Wildman–Crippen MR) is 189 cm³/mol. The van der Waals surface area contributed by atoms with Gasteiger partial charge in [0.05, 0.1) is 30.9 Å². The summed E-state index contributed by atoms with van der Waals surface area (Å²) in [7, 11) is 3.32. The van der Waals surface area contributed by atoms with E-state index in [1.807, 2.05) is 42.6 Å². The van der Waals surface area contributed by atoms with Gasteiger partial charge in [-0.05, 0) is 123 Å². The van der Waals surface area contributed by atoms with Crippen molar-refractivity contribution in [3.63, 3.8) is 0 Å². The van der Waals surface area contributed by atoms with Crippen LogP contribution in [0.5, 0.6) is 23.3 Å². The molecule has 7 rings (SSSR count). The first-order valence-electron chi connectivity index (χ1n) is 15.7. The average Bonchev–Trinajstić information content (AvgIpc) is 3.62. The molecule has 0 aliphatic rings. The van der Waals surface area contributed by atoms with Crippen LogP contribution in [0.15, 0.2) is 85.1 Å². The van der Waals surface area contributed by atoms with Gasteiger partial charge in [-0.25, -0.2) is 4.98 Å². The quantitative estimate of drug-likeness (QED) is 0.177.